The number of primary amides is 1. The van der Waals surface area contributed by atoms with Crippen LogP contribution in [0, 0.1) is 0 Å². The number of benzene rings is 2. The van der Waals surface area contributed by atoms with E-state index in [9.17, 15) is 4.79 Å². The zero-order valence-corrected chi connectivity index (χ0v) is 19.8. The first-order chi connectivity index (χ1) is 16.1. The number of rotatable bonds is 10. The number of hydrogen-bond donors (Lipinski definition) is 1. The summed E-state index contributed by atoms with van der Waals surface area (Å²) in [7, 11) is 0. The van der Waals surface area contributed by atoms with Crippen molar-refractivity contribution in [1.82, 2.24) is 4.90 Å². The molecular formula is C27H37N3O3. The Morgan fingerprint density at radius 2 is 1.91 bits per heavy atom. The summed E-state index contributed by atoms with van der Waals surface area (Å²) in [6.07, 6.45) is 4.58. The summed E-state index contributed by atoms with van der Waals surface area (Å²) >= 11 is 0. The summed E-state index contributed by atoms with van der Waals surface area (Å²) in [6.45, 7) is 8.94. The number of fused-ring (bicyclic) bond motifs is 1. The molecule has 1 saturated heterocycles. The molecule has 1 amide bonds. The summed E-state index contributed by atoms with van der Waals surface area (Å²) in [5.41, 5.74) is 10.2. The van der Waals surface area contributed by atoms with Gasteiger partial charge in [0.2, 0.25) is 5.91 Å². The molecule has 0 saturated carbocycles. The van der Waals surface area contributed by atoms with Crippen molar-refractivity contribution in [3.8, 4) is 5.75 Å². The summed E-state index contributed by atoms with van der Waals surface area (Å²) in [5, 5.41) is 0. The van der Waals surface area contributed by atoms with Crippen molar-refractivity contribution in [3.63, 3.8) is 0 Å². The Hall–Kier alpha value is -2.57. The molecule has 0 bridgehead atoms. The number of ether oxygens (including phenoxy) is 2. The third-order valence-electron chi connectivity index (χ3n) is 6.67. The molecule has 2 heterocycles. The number of unbranched alkanes of at least 4 members (excludes halogenated alkanes) is 1. The topological polar surface area (TPSA) is 68.0 Å². The Balaban J connectivity index is 1.24. The van der Waals surface area contributed by atoms with Crippen LogP contribution in [-0.4, -0.2) is 56.7 Å². The molecule has 2 aromatic carbocycles. The van der Waals surface area contributed by atoms with Gasteiger partial charge in [-0.05, 0) is 60.2 Å². The maximum atomic E-state index is 11.2. The average molecular weight is 452 g/mol. The lowest BCUT2D eigenvalue weighted by Gasteiger charge is -2.37. The largest absolute Gasteiger partial charge is 0.494 e. The summed E-state index contributed by atoms with van der Waals surface area (Å²) in [5.74, 6) is 0.675. The van der Waals surface area contributed by atoms with E-state index in [1.54, 1.807) is 0 Å². The van der Waals surface area contributed by atoms with Gasteiger partial charge in [-0.1, -0.05) is 31.5 Å². The van der Waals surface area contributed by atoms with Gasteiger partial charge in [-0.3, -0.25) is 9.69 Å². The molecule has 2 aromatic rings. The fraction of sp³-hybridized carbons (Fsp3) is 0.519. The first-order valence-corrected chi connectivity index (χ1v) is 12.3. The molecule has 2 N–H and O–H groups in total. The van der Waals surface area contributed by atoms with Gasteiger partial charge in [-0.25, -0.2) is 0 Å². The van der Waals surface area contributed by atoms with Crippen LogP contribution >= 0.6 is 0 Å². The van der Waals surface area contributed by atoms with Crippen LogP contribution in [0.1, 0.15) is 49.0 Å². The number of carbonyl (C=O) groups is 1. The maximum Gasteiger partial charge on any atom is 0.221 e. The van der Waals surface area contributed by atoms with E-state index >= 15 is 0 Å². The molecule has 1 atom stereocenters. The van der Waals surface area contributed by atoms with Crippen LogP contribution in [0.25, 0.3) is 0 Å². The van der Waals surface area contributed by atoms with Crippen molar-refractivity contribution in [2.45, 2.75) is 45.1 Å². The summed E-state index contributed by atoms with van der Waals surface area (Å²) in [6, 6.07) is 14.8. The van der Waals surface area contributed by atoms with Gasteiger partial charge in [0.15, 0.2) is 0 Å². The lowest BCUT2D eigenvalue weighted by Crippen LogP contribution is -2.46. The predicted molar refractivity (Wildman–Crippen MR) is 132 cm³/mol. The van der Waals surface area contributed by atoms with E-state index in [-0.39, 0.29) is 12.0 Å². The molecule has 2 aliphatic rings. The zero-order valence-electron chi connectivity index (χ0n) is 19.8. The number of amides is 1. The molecular weight excluding hydrogens is 414 g/mol. The van der Waals surface area contributed by atoms with E-state index in [4.69, 9.17) is 15.2 Å². The molecule has 6 heteroatoms. The molecule has 1 unspecified atom stereocenters. The molecule has 0 radical (unpaired) electrons. The second-order valence-electron chi connectivity index (χ2n) is 9.10. The highest BCUT2D eigenvalue weighted by Crippen LogP contribution is 2.31. The van der Waals surface area contributed by atoms with Crippen molar-refractivity contribution < 1.29 is 14.3 Å². The van der Waals surface area contributed by atoms with Crippen molar-refractivity contribution in [1.29, 1.82) is 0 Å². The van der Waals surface area contributed by atoms with Gasteiger partial charge in [0, 0.05) is 38.4 Å². The quantitative estimate of drug-likeness (QED) is 0.558. The second-order valence-corrected chi connectivity index (χ2v) is 9.10. The molecule has 178 valence electrons. The maximum absolute atomic E-state index is 11.2. The van der Waals surface area contributed by atoms with Gasteiger partial charge < -0.3 is 20.1 Å². The van der Waals surface area contributed by atoms with Crippen LogP contribution in [0.2, 0.25) is 0 Å². The number of piperazine rings is 1. The summed E-state index contributed by atoms with van der Waals surface area (Å²) < 4.78 is 11.9. The van der Waals surface area contributed by atoms with Crippen LogP contribution in [-0.2, 0) is 22.4 Å². The van der Waals surface area contributed by atoms with E-state index in [0.29, 0.717) is 6.42 Å². The first kappa shape index (κ1) is 23.6. The number of anilines is 1. The molecule has 0 aliphatic carbocycles. The smallest absolute Gasteiger partial charge is 0.221 e. The Labute approximate surface area is 197 Å². The van der Waals surface area contributed by atoms with Crippen LogP contribution in [0.5, 0.6) is 5.75 Å². The SMILES string of the molecule is CCCCOc1ccc(N2CCN(CCC3OCCc4cc(CC(N)=O)ccc43)CC2)cc1. The highest BCUT2D eigenvalue weighted by Gasteiger charge is 2.23. The Bertz CT molecular complexity index is 907. The summed E-state index contributed by atoms with van der Waals surface area (Å²) in [4.78, 5) is 16.2. The van der Waals surface area contributed by atoms with E-state index in [1.807, 2.05) is 6.07 Å². The van der Waals surface area contributed by atoms with Crippen molar-refractivity contribution in [2.24, 2.45) is 5.73 Å². The van der Waals surface area contributed by atoms with E-state index in [2.05, 4.69) is 53.1 Å². The molecule has 2 aliphatic heterocycles. The fourth-order valence-corrected chi connectivity index (χ4v) is 4.76. The molecule has 6 nitrogen and oxygen atoms in total. The van der Waals surface area contributed by atoms with Gasteiger partial charge in [0.1, 0.15) is 5.75 Å². The third-order valence-corrected chi connectivity index (χ3v) is 6.67. The normalized spacial score (nSPS) is 18.7. The third kappa shape index (κ3) is 6.49. The van der Waals surface area contributed by atoms with Crippen LogP contribution in [0.3, 0.4) is 0 Å². The van der Waals surface area contributed by atoms with Crippen LogP contribution in [0.4, 0.5) is 5.69 Å². The number of nitrogens with two attached hydrogens (primary N) is 1. The first-order valence-electron chi connectivity index (χ1n) is 12.3. The second kappa shape index (κ2) is 11.5. The van der Waals surface area contributed by atoms with E-state index in [0.717, 1.165) is 82.9 Å². The number of carbonyl (C=O) groups excluding carboxylic acids is 1. The minimum Gasteiger partial charge on any atom is -0.494 e. The molecule has 0 aromatic heterocycles. The monoisotopic (exact) mass is 451 g/mol. The van der Waals surface area contributed by atoms with Crippen molar-refractivity contribution in [2.75, 3.05) is 50.8 Å². The number of hydrogen-bond acceptors (Lipinski definition) is 5. The van der Waals surface area contributed by atoms with Crippen LogP contribution in [0.15, 0.2) is 42.5 Å². The van der Waals surface area contributed by atoms with Crippen molar-refractivity contribution in [3.05, 3.63) is 59.2 Å². The predicted octanol–water partition coefficient (Wildman–Crippen LogP) is 3.72. The van der Waals surface area contributed by atoms with Gasteiger partial charge in [-0.2, -0.15) is 0 Å². The molecule has 4 rings (SSSR count). The van der Waals surface area contributed by atoms with Crippen molar-refractivity contribution >= 4 is 11.6 Å². The Morgan fingerprint density at radius 1 is 1.12 bits per heavy atom. The lowest BCUT2D eigenvalue weighted by atomic mass is 9.93. The van der Waals surface area contributed by atoms with Gasteiger partial charge in [-0.15, -0.1) is 0 Å². The average Bonchev–Trinajstić information content (AvgIpc) is 2.83. The highest BCUT2D eigenvalue weighted by atomic mass is 16.5. The van der Waals surface area contributed by atoms with E-state index < -0.39 is 0 Å². The zero-order chi connectivity index (χ0) is 23.0. The number of nitrogens with zero attached hydrogens (tertiary/aromatic N) is 2. The highest BCUT2D eigenvalue weighted by molar-refractivity contribution is 5.76. The minimum absolute atomic E-state index is 0.134. The van der Waals surface area contributed by atoms with Gasteiger partial charge in [0.25, 0.3) is 0 Å². The lowest BCUT2D eigenvalue weighted by molar-refractivity contribution is -0.117. The van der Waals surface area contributed by atoms with Gasteiger partial charge >= 0.3 is 0 Å². The molecule has 0 spiro atoms. The standard InChI is InChI=1S/C27H37N3O3/c1-2-3-17-32-24-7-5-23(6-8-24)30-15-13-29(14-16-30)12-10-26-25-9-4-21(20-27(28)31)19-22(25)11-18-33-26/h4-9,19,26H,2-3,10-18,20H2,1H3,(H2,28,31). The Morgan fingerprint density at radius 3 is 2.64 bits per heavy atom. The Kier molecular flexibility index (Phi) is 8.24. The van der Waals surface area contributed by atoms with E-state index in [1.165, 1.54) is 16.8 Å². The van der Waals surface area contributed by atoms with Gasteiger partial charge in [0.05, 0.1) is 25.7 Å². The fourth-order valence-electron chi connectivity index (χ4n) is 4.76. The van der Waals surface area contributed by atoms with Crippen LogP contribution < -0.4 is 15.4 Å². The molecule has 33 heavy (non-hydrogen) atoms. The molecule has 1 fully saturated rings. The minimum atomic E-state index is -0.283.